The van der Waals surface area contributed by atoms with Crippen molar-refractivity contribution in [1.29, 1.82) is 0 Å². The molecule has 9 heteroatoms. The Labute approximate surface area is 169 Å². The lowest BCUT2D eigenvalue weighted by atomic mass is 9.90. The van der Waals surface area contributed by atoms with Crippen molar-refractivity contribution < 1.29 is 28.8 Å². The molecule has 3 fully saturated rings. The van der Waals surface area contributed by atoms with E-state index in [0.717, 1.165) is 17.1 Å². The number of fused-ring (bicyclic) bond motifs is 3. The van der Waals surface area contributed by atoms with E-state index in [1.807, 2.05) is 18.2 Å². The number of primary amides is 1. The van der Waals surface area contributed by atoms with Crippen LogP contribution < -0.4 is 20.5 Å². The maximum Gasteiger partial charge on any atom is 0.231 e. The SMILES string of the molecule is NC(=O)C1CCN(C2C3OCC(O3)C(NCc3ccc4c(c3)OCO4)C2O)CC1. The maximum atomic E-state index is 11.4. The van der Waals surface area contributed by atoms with Gasteiger partial charge in [-0.15, -0.1) is 0 Å². The van der Waals surface area contributed by atoms with Gasteiger partial charge >= 0.3 is 0 Å². The zero-order valence-corrected chi connectivity index (χ0v) is 16.2. The van der Waals surface area contributed by atoms with Gasteiger partial charge in [0.2, 0.25) is 12.7 Å². The van der Waals surface area contributed by atoms with Gasteiger partial charge in [-0.2, -0.15) is 0 Å². The molecule has 1 aromatic rings. The molecule has 4 aliphatic heterocycles. The Kier molecular flexibility index (Phi) is 5.09. The van der Waals surface area contributed by atoms with Crippen LogP contribution in [0.3, 0.4) is 0 Å². The van der Waals surface area contributed by atoms with Crippen LogP contribution in [0.2, 0.25) is 0 Å². The molecule has 3 saturated heterocycles. The number of piperidine rings is 1. The number of benzene rings is 1. The van der Waals surface area contributed by atoms with Gasteiger partial charge in [0.25, 0.3) is 0 Å². The highest BCUT2D eigenvalue weighted by atomic mass is 16.7. The fourth-order valence-electron chi connectivity index (χ4n) is 4.81. The van der Waals surface area contributed by atoms with Gasteiger partial charge in [0, 0.05) is 12.5 Å². The van der Waals surface area contributed by atoms with Crippen LogP contribution in [0.5, 0.6) is 11.5 Å². The number of nitrogens with one attached hydrogen (secondary N) is 1. The lowest BCUT2D eigenvalue weighted by Crippen LogP contribution is -2.65. The highest BCUT2D eigenvalue weighted by molar-refractivity contribution is 5.76. The van der Waals surface area contributed by atoms with E-state index in [-0.39, 0.29) is 36.8 Å². The molecule has 5 rings (SSSR count). The number of carbonyl (C=O) groups is 1. The van der Waals surface area contributed by atoms with Crippen molar-refractivity contribution in [3.05, 3.63) is 23.8 Å². The minimum atomic E-state index is -0.639. The van der Waals surface area contributed by atoms with E-state index >= 15 is 0 Å². The first kappa shape index (κ1) is 19.1. The number of aliphatic hydroxyl groups is 1. The van der Waals surface area contributed by atoms with Crippen molar-refractivity contribution in [3.63, 3.8) is 0 Å². The molecular weight excluding hydrogens is 378 g/mol. The van der Waals surface area contributed by atoms with Gasteiger partial charge in [0.05, 0.1) is 24.8 Å². The van der Waals surface area contributed by atoms with E-state index in [9.17, 15) is 9.90 Å². The summed E-state index contributed by atoms with van der Waals surface area (Å²) in [6.45, 7) is 2.65. The molecular formula is C20H27N3O6. The van der Waals surface area contributed by atoms with Crippen molar-refractivity contribution in [2.75, 3.05) is 26.5 Å². The second-order valence-electron chi connectivity index (χ2n) is 8.16. The summed E-state index contributed by atoms with van der Waals surface area (Å²) >= 11 is 0. The fourth-order valence-corrected chi connectivity index (χ4v) is 4.81. The molecule has 4 heterocycles. The average molecular weight is 405 g/mol. The molecule has 0 radical (unpaired) electrons. The molecule has 1 amide bonds. The Morgan fingerprint density at radius 1 is 1.24 bits per heavy atom. The second-order valence-corrected chi connectivity index (χ2v) is 8.16. The summed E-state index contributed by atoms with van der Waals surface area (Å²) in [6.07, 6.45) is 0.126. The topological polar surface area (TPSA) is 116 Å². The van der Waals surface area contributed by atoms with Crippen LogP contribution in [0.4, 0.5) is 0 Å². The van der Waals surface area contributed by atoms with Gasteiger partial charge in [0.15, 0.2) is 17.8 Å². The molecule has 158 valence electrons. The van der Waals surface area contributed by atoms with E-state index in [2.05, 4.69) is 10.2 Å². The second kappa shape index (κ2) is 7.73. The Morgan fingerprint density at radius 3 is 2.83 bits per heavy atom. The quantitative estimate of drug-likeness (QED) is 0.604. The third-order valence-corrected chi connectivity index (χ3v) is 6.46. The Bertz CT molecular complexity index is 769. The number of rotatable bonds is 5. The standard InChI is InChI=1S/C20H27N3O6/c21-19(25)12-3-5-23(6-4-12)17-18(24)16(15-9-26-20(17)29-15)22-8-11-1-2-13-14(7-11)28-10-27-13/h1-2,7,12,15-18,20,22,24H,3-6,8-10H2,(H2,21,25). The number of hydrogen-bond acceptors (Lipinski definition) is 8. The molecule has 1 aromatic carbocycles. The zero-order valence-electron chi connectivity index (χ0n) is 16.2. The highest BCUT2D eigenvalue weighted by Gasteiger charge is 2.52. The normalized spacial score (nSPS) is 34.4. The average Bonchev–Trinajstić information content (AvgIpc) is 3.36. The van der Waals surface area contributed by atoms with E-state index in [1.54, 1.807) is 0 Å². The van der Waals surface area contributed by atoms with Gasteiger partial charge < -0.3 is 35.1 Å². The summed E-state index contributed by atoms with van der Waals surface area (Å²) in [4.78, 5) is 13.6. The van der Waals surface area contributed by atoms with Crippen molar-refractivity contribution in [3.8, 4) is 11.5 Å². The van der Waals surface area contributed by atoms with Gasteiger partial charge in [0.1, 0.15) is 6.10 Å². The number of nitrogens with two attached hydrogens (primary N) is 1. The van der Waals surface area contributed by atoms with Crippen molar-refractivity contribution in [1.82, 2.24) is 10.2 Å². The first-order chi connectivity index (χ1) is 14.1. The third-order valence-electron chi connectivity index (χ3n) is 6.46. The molecule has 29 heavy (non-hydrogen) atoms. The minimum absolute atomic E-state index is 0.0925. The molecule has 9 nitrogen and oxygen atoms in total. The highest BCUT2D eigenvalue weighted by Crippen LogP contribution is 2.35. The smallest absolute Gasteiger partial charge is 0.231 e. The number of amides is 1. The first-order valence-corrected chi connectivity index (χ1v) is 10.2. The zero-order chi connectivity index (χ0) is 20.0. The fraction of sp³-hybridized carbons (Fsp3) is 0.650. The van der Waals surface area contributed by atoms with Crippen LogP contribution in [0.1, 0.15) is 18.4 Å². The van der Waals surface area contributed by atoms with Crippen LogP contribution >= 0.6 is 0 Å². The predicted octanol–water partition coefficient (Wildman–Crippen LogP) is -0.445. The Balaban J connectivity index is 1.25. The molecule has 4 aliphatic rings. The summed E-state index contributed by atoms with van der Waals surface area (Å²) in [5.41, 5.74) is 6.49. The van der Waals surface area contributed by atoms with E-state index in [4.69, 9.17) is 24.7 Å². The minimum Gasteiger partial charge on any atom is -0.454 e. The van der Waals surface area contributed by atoms with Gasteiger partial charge in [-0.1, -0.05) is 6.07 Å². The number of likely N-dealkylation sites (tertiary alicyclic amines) is 1. The van der Waals surface area contributed by atoms with Crippen LogP contribution in [0.25, 0.3) is 0 Å². The summed E-state index contributed by atoms with van der Waals surface area (Å²) < 4.78 is 22.7. The number of carbonyl (C=O) groups excluding carboxylic acids is 1. The number of nitrogens with zero attached hydrogens (tertiary/aromatic N) is 1. The number of hydrogen-bond donors (Lipinski definition) is 3. The molecule has 2 bridgehead atoms. The van der Waals surface area contributed by atoms with E-state index in [1.165, 1.54) is 0 Å². The molecule has 5 atom stereocenters. The first-order valence-electron chi connectivity index (χ1n) is 10.2. The molecule has 0 saturated carbocycles. The van der Waals surface area contributed by atoms with Gasteiger partial charge in [-0.25, -0.2) is 0 Å². The number of aliphatic hydroxyl groups excluding tert-OH is 1. The summed E-state index contributed by atoms with van der Waals surface area (Å²) in [5.74, 6) is 1.15. The van der Waals surface area contributed by atoms with Gasteiger partial charge in [-0.3, -0.25) is 9.69 Å². The Morgan fingerprint density at radius 2 is 2.03 bits per heavy atom. The van der Waals surface area contributed by atoms with Gasteiger partial charge in [-0.05, 0) is 43.6 Å². The summed E-state index contributed by atoms with van der Waals surface area (Å²) in [6, 6.07) is 5.31. The van der Waals surface area contributed by atoms with Crippen LogP contribution in [-0.4, -0.2) is 73.0 Å². The molecule has 0 aliphatic carbocycles. The lowest BCUT2D eigenvalue weighted by Gasteiger charge is -2.46. The summed E-state index contributed by atoms with van der Waals surface area (Å²) in [5, 5.41) is 14.6. The number of ether oxygens (including phenoxy) is 4. The molecule has 0 spiro atoms. The third kappa shape index (κ3) is 3.57. The summed E-state index contributed by atoms with van der Waals surface area (Å²) in [7, 11) is 0. The van der Waals surface area contributed by atoms with Crippen molar-refractivity contribution in [2.24, 2.45) is 11.7 Å². The molecule has 0 aromatic heterocycles. The van der Waals surface area contributed by atoms with Crippen LogP contribution in [0, 0.1) is 5.92 Å². The Hall–Kier alpha value is -1.91. The van der Waals surface area contributed by atoms with E-state index in [0.29, 0.717) is 39.1 Å². The lowest BCUT2D eigenvalue weighted by molar-refractivity contribution is -0.186. The van der Waals surface area contributed by atoms with Crippen LogP contribution in [-0.2, 0) is 20.8 Å². The van der Waals surface area contributed by atoms with E-state index < -0.39 is 12.4 Å². The largest absolute Gasteiger partial charge is 0.454 e. The predicted molar refractivity (Wildman–Crippen MR) is 101 cm³/mol. The molecule has 4 N–H and O–H groups in total. The molecule has 5 unspecified atom stereocenters. The maximum absolute atomic E-state index is 11.4. The monoisotopic (exact) mass is 405 g/mol. The van der Waals surface area contributed by atoms with Crippen molar-refractivity contribution >= 4 is 5.91 Å². The van der Waals surface area contributed by atoms with Crippen LogP contribution in [0.15, 0.2) is 18.2 Å². The van der Waals surface area contributed by atoms with Crippen molar-refractivity contribution in [2.45, 2.75) is 50.0 Å².